The van der Waals surface area contributed by atoms with Crippen LogP contribution in [0.4, 0.5) is 0 Å². The summed E-state index contributed by atoms with van der Waals surface area (Å²) in [6, 6.07) is 14.5. The molecule has 2 rings (SSSR count). The molecule has 0 spiro atoms. The second-order valence-corrected chi connectivity index (χ2v) is 6.55. The molecule has 1 heterocycles. The van der Waals surface area contributed by atoms with Gasteiger partial charge in [0.25, 0.3) is 0 Å². The van der Waals surface area contributed by atoms with Gasteiger partial charge in [-0.25, -0.2) is 0 Å². The molecule has 0 aromatic heterocycles. The van der Waals surface area contributed by atoms with Gasteiger partial charge < -0.3 is 5.11 Å². The fourth-order valence-corrected chi connectivity index (χ4v) is 3.26. The number of nitrogens with zero attached hydrogens (tertiary/aromatic N) is 4. The number of aliphatic hydroxyl groups is 1. The van der Waals surface area contributed by atoms with Gasteiger partial charge in [0.2, 0.25) is 0 Å². The van der Waals surface area contributed by atoms with Crippen LogP contribution in [0.1, 0.15) is 31.4 Å². The molecule has 5 heteroatoms. The van der Waals surface area contributed by atoms with Crippen molar-refractivity contribution >= 4 is 0 Å². The Hall–Kier alpha value is -1.92. The van der Waals surface area contributed by atoms with Crippen LogP contribution in [-0.2, 0) is 0 Å². The second-order valence-electron chi connectivity index (χ2n) is 6.55. The Bertz CT molecular complexity index is 577. The maximum absolute atomic E-state index is 10.4. The number of hydrogen-bond acceptors (Lipinski definition) is 5. The highest BCUT2D eigenvalue weighted by molar-refractivity contribution is 5.17. The molecule has 0 unspecified atom stereocenters. The first-order chi connectivity index (χ1) is 11.6. The van der Waals surface area contributed by atoms with Gasteiger partial charge in [-0.1, -0.05) is 30.3 Å². The van der Waals surface area contributed by atoms with E-state index in [9.17, 15) is 10.4 Å². The number of nitriles is 2. The van der Waals surface area contributed by atoms with Gasteiger partial charge in [0.15, 0.2) is 0 Å². The molecule has 1 aliphatic heterocycles. The van der Waals surface area contributed by atoms with Crippen LogP contribution >= 0.6 is 0 Å². The summed E-state index contributed by atoms with van der Waals surface area (Å²) in [5, 5.41) is 28.3. The first-order valence-corrected chi connectivity index (χ1v) is 8.60. The summed E-state index contributed by atoms with van der Waals surface area (Å²) in [5.74, 6) is -0.0710. The highest BCUT2D eigenvalue weighted by Gasteiger charge is 2.26. The molecule has 128 valence electrons. The third-order valence-electron chi connectivity index (χ3n) is 4.71. The van der Waals surface area contributed by atoms with E-state index in [2.05, 4.69) is 28.9 Å². The van der Waals surface area contributed by atoms with Crippen LogP contribution in [0.15, 0.2) is 30.3 Å². The lowest BCUT2D eigenvalue weighted by Crippen LogP contribution is -2.53. The summed E-state index contributed by atoms with van der Waals surface area (Å²) >= 11 is 0. The predicted molar refractivity (Wildman–Crippen MR) is 92.8 cm³/mol. The van der Waals surface area contributed by atoms with E-state index in [0.29, 0.717) is 25.4 Å². The average Bonchev–Trinajstić information content (AvgIpc) is 2.61. The molecule has 1 aromatic carbocycles. The van der Waals surface area contributed by atoms with Gasteiger partial charge >= 0.3 is 0 Å². The smallest absolute Gasteiger partial charge is 0.0917 e. The molecule has 0 aliphatic carbocycles. The molecule has 0 bridgehead atoms. The number of benzene rings is 1. The van der Waals surface area contributed by atoms with Crippen LogP contribution < -0.4 is 0 Å². The Morgan fingerprint density at radius 3 is 2.58 bits per heavy atom. The molecule has 1 saturated heterocycles. The molecule has 1 aromatic rings. The summed E-state index contributed by atoms with van der Waals surface area (Å²) in [5.41, 5.74) is 0.952. The van der Waals surface area contributed by atoms with Gasteiger partial charge in [-0.2, -0.15) is 10.5 Å². The van der Waals surface area contributed by atoms with Crippen LogP contribution in [0, 0.1) is 28.6 Å². The minimum atomic E-state index is -0.470. The van der Waals surface area contributed by atoms with Crippen molar-refractivity contribution in [2.45, 2.75) is 31.9 Å². The lowest BCUT2D eigenvalue weighted by Gasteiger charge is -2.41. The van der Waals surface area contributed by atoms with E-state index < -0.39 is 6.10 Å². The highest BCUT2D eigenvalue weighted by atomic mass is 16.3. The molecule has 24 heavy (non-hydrogen) atoms. The zero-order valence-electron chi connectivity index (χ0n) is 14.3. The lowest BCUT2D eigenvalue weighted by atomic mass is 10.0. The zero-order chi connectivity index (χ0) is 17.4. The monoisotopic (exact) mass is 326 g/mol. The Morgan fingerprint density at radius 1 is 1.21 bits per heavy atom. The number of piperazine rings is 1. The predicted octanol–water partition coefficient (Wildman–Crippen LogP) is 2.17. The Labute approximate surface area is 144 Å². The summed E-state index contributed by atoms with van der Waals surface area (Å²) in [4.78, 5) is 4.62. The van der Waals surface area contributed by atoms with E-state index in [0.717, 1.165) is 31.7 Å². The van der Waals surface area contributed by atoms with Gasteiger partial charge in [0, 0.05) is 45.2 Å². The molecular weight excluding hydrogens is 300 g/mol. The minimum absolute atomic E-state index is 0.0710. The maximum Gasteiger partial charge on any atom is 0.0917 e. The lowest BCUT2D eigenvalue weighted by molar-refractivity contribution is 0.0356. The number of rotatable bonds is 7. The molecule has 1 aliphatic rings. The zero-order valence-corrected chi connectivity index (χ0v) is 14.3. The van der Waals surface area contributed by atoms with E-state index in [4.69, 9.17) is 5.26 Å². The number of hydrogen-bond donors (Lipinski definition) is 1. The number of β-amino-alcohol motifs (C(OH)–C–C–N with tert-alkyl or cyclic N) is 1. The van der Waals surface area contributed by atoms with Crippen molar-refractivity contribution < 1.29 is 5.11 Å². The van der Waals surface area contributed by atoms with Crippen molar-refractivity contribution in [3.63, 3.8) is 0 Å². The van der Waals surface area contributed by atoms with Crippen LogP contribution in [0.25, 0.3) is 0 Å². The van der Waals surface area contributed by atoms with Crippen molar-refractivity contribution in [1.82, 2.24) is 9.80 Å². The van der Waals surface area contributed by atoms with Crippen LogP contribution in [0.2, 0.25) is 0 Å². The average molecular weight is 326 g/mol. The highest BCUT2D eigenvalue weighted by Crippen LogP contribution is 2.19. The van der Waals surface area contributed by atoms with Crippen molar-refractivity contribution in [2.75, 3.05) is 32.7 Å². The van der Waals surface area contributed by atoms with Crippen LogP contribution in [-0.4, -0.2) is 53.7 Å². The largest absolute Gasteiger partial charge is 0.387 e. The van der Waals surface area contributed by atoms with Crippen molar-refractivity contribution in [2.24, 2.45) is 5.92 Å². The quantitative estimate of drug-likeness (QED) is 0.831. The van der Waals surface area contributed by atoms with Gasteiger partial charge in [-0.05, 0) is 18.9 Å². The molecule has 1 N–H and O–H groups in total. The minimum Gasteiger partial charge on any atom is -0.387 e. The molecule has 0 radical (unpaired) electrons. The summed E-state index contributed by atoms with van der Waals surface area (Å²) in [7, 11) is 0. The third-order valence-corrected chi connectivity index (χ3v) is 4.71. The first kappa shape index (κ1) is 18.4. The second kappa shape index (κ2) is 9.39. The maximum atomic E-state index is 10.4. The van der Waals surface area contributed by atoms with E-state index in [1.54, 1.807) is 0 Å². The fraction of sp³-hybridized carbons (Fsp3) is 0.579. The molecule has 3 atom stereocenters. The molecular formula is C19H26N4O. The van der Waals surface area contributed by atoms with Crippen LogP contribution in [0.5, 0.6) is 0 Å². The van der Waals surface area contributed by atoms with Crippen molar-refractivity contribution in [3.8, 4) is 12.1 Å². The van der Waals surface area contributed by atoms with E-state index in [-0.39, 0.29) is 5.92 Å². The standard InChI is InChI=1S/C19H26N4O/c1-16-13-22(14-17(12-21)6-5-9-20)10-11-23(16)15-19(24)18-7-3-2-4-8-18/h2-4,7-8,16-17,19,24H,5-6,10-11,13-15H2,1H3/t16-,17+,19-/m1/s1. The SMILES string of the molecule is C[C@@H]1CN(C[C@H](C#N)CCC#N)CCN1C[C@@H](O)c1ccccc1. The molecule has 0 amide bonds. The van der Waals surface area contributed by atoms with Gasteiger partial charge in [-0.3, -0.25) is 9.80 Å². The normalized spacial score (nSPS) is 21.6. The molecule has 1 fully saturated rings. The van der Waals surface area contributed by atoms with Gasteiger partial charge in [-0.15, -0.1) is 0 Å². The third kappa shape index (κ3) is 5.32. The van der Waals surface area contributed by atoms with Gasteiger partial charge in [0.1, 0.15) is 0 Å². The summed E-state index contributed by atoms with van der Waals surface area (Å²) in [6.45, 7) is 6.22. The Morgan fingerprint density at radius 2 is 1.96 bits per heavy atom. The summed E-state index contributed by atoms with van der Waals surface area (Å²) < 4.78 is 0. The topological polar surface area (TPSA) is 74.3 Å². The first-order valence-electron chi connectivity index (χ1n) is 8.60. The fourth-order valence-electron chi connectivity index (χ4n) is 3.26. The number of aliphatic hydroxyl groups excluding tert-OH is 1. The van der Waals surface area contributed by atoms with E-state index >= 15 is 0 Å². The van der Waals surface area contributed by atoms with E-state index in [1.807, 2.05) is 30.3 Å². The molecule has 0 saturated carbocycles. The molecule has 5 nitrogen and oxygen atoms in total. The Balaban J connectivity index is 1.82. The van der Waals surface area contributed by atoms with E-state index in [1.165, 1.54) is 0 Å². The summed E-state index contributed by atoms with van der Waals surface area (Å²) in [6.07, 6.45) is 0.619. The van der Waals surface area contributed by atoms with Crippen molar-refractivity contribution in [1.29, 1.82) is 10.5 Å². The Kier molecular flexibility index (Phi) is 7.21. The van der Waals surface area contributed by atoms with Crippen LogP contribution in [0.3, 0.4) is 0 Å². The van der Waals surface area contributed by atoms with Gasteiger partial charge in [0.05, 0.1) is 24.2 Å². The van der Waals surface area contributed by atoms with Crippen molar-refractivity contribution in [3.05, 3.63) is 35.9 Å².